The highest BCUT2D eigenvalue weighted by atomic mass is 32.2. The van der Waals surface area contributed by atoms with Crippen LogP contribution in [0.4, 0.5) is 0 Å². The van der Waals surface area contributed by atoms with Crippen molar-refractivity contribution in [2.75, 3.05) is 7.11 Å². The second-order valence-electron chi connectivity index (χ2n) is 4.33. The first-order valence-electron chi connectivity index (χ1n) is 5.53. The molecule has 1 atom stereocenters. The van der Waals surface area contributed by atoms with E-state index in [4.69, 9.17) is 4.74 Å². The Morgan fingerprint density at radius 1 is 1.12 bits per heavy atom. The van der Waals surface area contributed by atoms with Gasteiger partial charge in [0, 0.05) is 6.04 Å². The molecule has 0 heterocycles. The second-order valence-corrected chi connectivity index (χ2v) is 6.04. The standard InChI is InChI=1S/C12H19NO3S/c1-9(2)10(3)13-17(14,15)12-7-5-11(16-4)6-8-12/h5-10,13H,1-4H3. The van der Waals surface area contributed by atoms with Crippen molar-refractivity contribution in [2.24, 2.45) is 5.92 Å². The third-order valence-electron chi connectivity index (χ3n) is 2.71. The Morgan fingerprint density at radius 3 is 2.06 bits per heavy atom. The number of sulfonamides is 1. The van der Waals surface area contributed by atoms with Crippen LogP contribution >= 0.6 is 0 Å². The molecule has 1 unspecified atom stereocenters. The summed E-state index contributed by atoms with van der Waals surface area (Å²) < 4.78 is 31.6. The molecule has 0 spiro atoms. The van der Waals surface area contributed by atoms with Crippen LogP contribution in [0.5, 0.6) is 5.75 Å². The number of hydrogen-bond acceptors (Lipinski definition) is 3. The van der Waals surface area contributed by atoms with Gasteiger partial charge in [-0.3, -0.25) is 0 Å². The minimum atomic E-state index is -3.44. The Labute approximate surface area is 103 Å². The van der Waals surface area contributed by atoms with Crippen molar-refractivity contribution < 1.29 is 13.2 Å². The molecule has 0 fully saturated rings. The van der Waals surface area contributed by atoms with Crippen molar-refractivity contribution in [3.8, 4) is 5.75 Å². The number of nitrogens with one attached hydrogen (secondary N) is 1. The zero-order chi connectivity index (χ0) is 13.1. The van der Waals surface area contributed by atoms with Gasteiger partial charge in [-0.15, -0.1) is 0 Å². The first-order valence-corrected chi connectivity index (χ1v) is 7.01. The quantitative estimate of drug-likeness (QED) is 0.878. The summed E-state index contributed by atoms with van der Waals surface area (Å²) in [5, 5.41) is 0. The lowest BCUT2D eigenvalue weighted by atomic mass is 10.1. The number of benzene rings is 1. The van der Waals surface area contributed by atoms with E-state index >= 15 is 0 Å². The van der Waals surface area contributed by atoms with Crippen molar-refractivity contribution in [3.05, 3.63) is 24.3 Å². The van der Waals surface area contributed by atoms with Crippen molar-refractivity contribution in [1.82, 2.24) is 4.72 Å². The molecule has 0 radical (unpaired) electrons. The maximum Gasteiger partial charge on any atom is 0.240 e. The van der Waals surface area contributed by atoms with Gasteiger partial charge in [0.2, 0.25) is 10.0 Å². The van der Waals surface area contributed by atoms with E-state index in [1.165, 1.54) is 12.1 Å². The van der Waals surface area contributed by atoms with Crippen molar-refractivity contribution in [3.63, 3.8) is 0 Å². The molecule has 0 aromatic heterocycles. The SMILES string of the molecule is COc1ccc(S(=O)(=O)NC(C)C(C)C)cc1. The molecule has 4 nitrogen and oxygen atoms in total. The van der Waals surface area contributed by atoms with Crippen LogP contribution in [-0.4, -0.2) is 21.6 Å². The molecule has 17 heavy (non-hydrogen) atoms. The van der Waals surface area contributed by atoms with Crippen LogP contribution in [0.2, 0.25) is 0 Å². The van der Waals surface area contributed by atoms with Gasteiger partial charge in [-0.2, -0.15) is 0 Å². The van der Waals surface area contributed by atoms with Crippen LogP contribution < -0.4 is 9.46 Å². The van der Waals surface area contributed by atoms with Gasteiger partial charge in [-0.05, 0) is 37.1 Å². The Hall–Kier alpha value is -1.07. The maximum atomic E-state index is 12.0. The van der Waals surface area contributed by atoms with Gasteiger partial charge in [0.25, 0.3) is 0 Å². The van der Waals surface area contributed by atoms with Gasteiger partial charge < -0.3 is 4.74 Å². The first kappa shape index (κ1) is 14.0. The minimum absolute atomic E-state index is 0.0953. The molecule has 0 aliphatic carbocycles. The second kappa shape index (κ2) is 5.51. The fraction of sp³-hybridized carbons (Fsp3) is 0.500. The van der Waals surface area contributed by atoms with Gasteiger partial charge in [0.05, 0.1) is 12.0 Å². The van der Waals surface area contributed by atoms with Crippen LogP contribution in [0.1, 0.15) is 20.8 Å². The van der Waals surface area contributed by atoms with Crippen molar-refractivity contribution >= 4 is 10.0 Å². The maximum absolute atomic E-state index is 12.0. The molecule has 96 valence electrons. The molecule has 0 bridgehead atoms. The molecule has 0 saturated carbocycles. The highest BCUT2D eigenvalue weighted by molar-refractivity contribution is 7.89. The molecular weight excluding hydrogens is 238 g/mol. The Kier molecular flexibility index (Phi) is 4.54. The van der Waals surface area contributed by atoms with Gasteiger partial charge in [0.1, 0.15) is 5.75 Å². The Bertz CT molecular complexity index is 451. The summed E-state index contributed by atoms with van der Waals surface area (Å²) in [5.74, 6) is 0.892. The zero-order valence-electron chi connectivity index (χ0n) is 10.6. The van der Waals surface area contributed by atoms with Crippen LogP contribution in [0.15, 0.2) is 29.2 Å². The third kappa shape index (κ3) is 3.71. The number of hydrogen-bond donors (Lipinski definition) is 1. The molecule has 0 aliphatic rings. The molecule has 0 aliphatic heterocycles. The normalized spacial score (nSPS) is 13.7. The summed E-state index contributed by atoms with van der Waals surface area (Å²) in [4.78, 5) is 0.255. The first-order chi connectivity index (χ1) is 7.86. The minimum Gasteiger partial charge on any atom is -0.497 e. The average molecular weight is 257 g/mol. The van der Waals surface area contributed by atoms with E-state index in [1.54, 1.807) is 19.2 Å². The van der Waals surface area contributed by atoms with E-state index in [0.29, 0.717) is 5.75 Å². The van der Waals surface area contributed by atoms with Crippen molar-refractivity contribution in [2.45, 2.75) is 31.7 Å². The topological polar surface area (TPSA) is 55.4 Å². The van der Waals surface area contributed by atoms with Gasteiger partial charge in [-0.25, -0.2) is 13.1 Å². The van der Waals surface area contributed by atoms with Crippen LogP contribution in [0.25, 0.3) is 0 Å². The van der Waals surface area contributed by atoms with E-state index in [0.717, 1.165) is 0 Å². The Morgan fingerprint density at radius 2 is 1.65 bits per heavy atom. The molecule has 1 aromatic carbocycles. The predicted molar refractivity (Wildman–Crippen MR) is 67.6 cm³/mol. The summed E-state index contributed by atoms with van der Waals surface area (Å²) in [6.07, 6.45) is 0. The van der Waals surface area contributed by atoms with Gasteiger partial charge >= 0.3 is 0 Å². The number of ether oxygens (including phenoxy) is 1. The van der Waals surface area contributed by atoms with Crippen molar-refractivity contribution in [1.29, 1.82) is 0 Å². The molecule has 1 N–H and O–H groups in total. The summed E-state index contributed by atoms with van der Waals surface area (Å²) in [5.41, 5.74) is 0. The van der Waals surface area contributed by atoms with Crippen LogP contribution in [-0.2, 0) is 10.0 Å². The lowest BCUT2D eigenvalue weighted by Gasteiger charge is -2.17. The monoisotopic (exact) mass is 257 g/mol. The summed E-state index contributed by atoms with van der Waals surface area (Å²) in [7, 11) is -1.89. The van der Waals surface area contributed by atoms with Gasteiger partial charge in [0.15, 0.2) is 0 Å². The predicted octanol–water partition coefficient (Wildman–Crippen LogP) is 2.02. The molecule has 1 rings (SSSR count). The van der Waals surface area contributed by atoms with E-state index < -0.39 is 10.0 Å². The van der Waals surface area contributed by atoms with Crippen LogP contribution in [0.3, 0.4) is 0 Å². The van der Waals surface area contributed by atoms with E-state index in [1.807, 2.05) is 20.8 Å². The highest BCUT2D eigenvalue weighted by Crippen LogP contribution is 2.16. The Balaban J connectivity index is 2.89. The van der Waals surface area contributed by atoms with E-state index in [9.17, 15) is 8.42 Å². The number of rotatable bonds is 5. The third-order valence-corrected chi connectivity index (χ3v) is 4.29. The zero-order valence-corrected chi connectivity index (χ0v) is 11.4. The van der Waals surface area contributed by atoms with Gasteiger partial charge in [-0.1, -0.05) is 13.8 Å². The summed E-state index contributed by atoms with van der Waals surface area (Å²) >= 11 is 0. The smallest absolute Gasteiger partial charge is 0.240 e. The molecular formula is C12H19NO3S. The fourth-order valence-corrected chi connectivity index (χ4v) is 2.60. The van der Waals surface area contributed by atoms with E-state index in [-0.39, 0.29) is 16.9 Å². The molecule has 5 heteroatoms. The molecule has 0 amide bonds. The molecule has 1 aromatic rings. The lowest BCUT2D eigenvalue weighted by Crippen LogP contribution is -2.36. The largest absolute Gasteiger partial charge is 0.497 e. The summed E-state index contributed by atoms with van der Waals surface area (Å²) in [6.45, 7) is 5.80. The average Bonchev–Trinajstić information content (AvgIpc) is 2.28. The lowest BCUT2D eigenvalue weighted by molar-refractivity contribution is 0.414. The summed E-state index contributed by atoms with van der Waals surface area (Å²) in [6, 6.07) is 6.24. The van der Waals surface area contributed by atoms with E-state index in [2.05, 4.69) is 4.72 Å². The number of methoxy groups -OCH3 is 1. The fourth-order valence-electron chi connectivity index (χ4n) is 1.20. The molecule has 0 saturated heterocycles. The highest BCUT2D eigenvalue weighted by Gasteiger charge is 2.18. The van der Waals surface area contributed by atoms with Crippen LogP contribution in [0, 0.1) is 5.92 Å².